The minimum Gasteiger partial charge on any atom is -0.325 e. The van der Waals surface area contributed by atoms with Crippen LogP contribution in [0.5, 0.6) is 0 Å². The number of halogens is 1. The van der Waals surface area contributed by atoms with Crippen molar-refractivity contribution in [2.45, 2.75) is 25.3 Å². The van der Waals surface area contributed by atoms with Crippen LogP contribution < -0.4 is 11.1 Å². The number of carbonyl (C=O) groups excluding carboxylic acids is 1. The van der Waals surface area contributed by atoms with E-state index in [1.54, 1.807) is 0 Å². The highest BCUT2D eigenvalue weighted by Crippen LogP contribution is 2.47. The highest BCUT2D eigenvalue weighted by atomic mass is 79.9. The van der Waals surface area contributed by atoms with E-state index in [1.807, 2.05) is 18.2 Å². The normalized spacial score (nSPS) is 17.3. The van der Waals surface area contributed by atoms with E-state index in [-0.39, 0.29) is 11.4 Å². The number of para-hydroxylation sites is 1. The summed E-state index contributed by atoms with van der Waals surface area (Å²) in [5.41, 5.74) is 7.74. The summed E-state index contributed by atoms with van der Waals surface area (Å²) in [4.78, 5) is 11.1. The van der Waals surface area contributed by atoms with Crippen LogP contribution in [0.25, 0.3) is 0 Å². The van der Waals surface area contributed by atoms with Gasteiger partial charge in [0, 0.05) is 16.9 Å². The molecule has 1 fully saturated rings. The monoisotopic (exact) mass is 268 g/mol. The zero-order chi connectivity index (χ0) is 11.1. The van der Waals surface area contributed by atoms with Crippen LogP contribution >= 0.6 is 15.9 Å². The summed E-state index contributed by atoms with van der Waals surface area (Å²) in [5.74, 6) is -0.0765. The molecule has 2 rings (SSSR count). The molecule has 0 saturated heterocycles. The summed E-state index contributed by atoms with van der Waals surface area (Å²) < 4.78 is 0.881. The molecule has 0 aromatic heterocycles. The molecule has 1 aromatic carbocycles. The van der Waals surface area contributed by atoms with Crippen LogP contribution in [0.1, 0.15) is 25.3 Å². The number of amides is 1. The van der Waals surface area contributed by atoms with Crippen LogP contribution in [0.4, 0.5) is 5.69 Å². The molecule has 3 nitrogen and oxygen atoms in total. The van der Waals surface area contributed by atoms with Gasteiger partial charge in [0.25, 0.3) is 0 Å². The predicted molar refractivity (Wildman–Crippen MR) is 63.5 cm³/mol. The fourth-order valence-corrected chi connectivity index (χ4v) is 2.11. The Hall–Kier alpha value is -0.870. The first-order chi connectivity index (χ1) is 7.03. The Balaban J connectivity index is 2.44. The molecular formula is C11H13BrN2O. The van der Waals surface area contributed by atoms with Gasteiger partial charge in [-0.1, -0.05) is 12.1 Å². The lowest BCUT2D eigenvalue weighted by Crippen LogP contribution is -2.22. The van der Waals surface area contributed by atoms with Crippen LogP contribution in [-0.4, -0.2) is 5.91 Å². The second-order valence-electron chi connectivity index (χ2n) is 4.00. The molecule has 1 aromatic rings. The predicted octanol–water partition coefficient (Wildman–Crippen LogP) is 2.36. The average Bonchev–Trinajstić information content (AvgIpc) is 2.88. The lowest BCUT2D eigenvalue weighted by molar-refractivity contribution is -0.114. The fourth-order valence-electron chi connectivity index (χ4n) is 1.65. The van der Waals surface area contributed by atoms with Gasteiger partial charge in [-0.15, -0.1) is 0 Å². The molecule has 0 aliphatic heterocycles. The van der Waals surface area contributed by atoms with Gasteiger partial charge < -0.3 is 11.1 Å². The van der Waals surface area contributed by atoms with Crippen molar-refractivity contribution in [3.05, 3.63) is 28.2 Å². The lowest BCUT2D eigenvalue weighted by atomic mass is 10.0. The lowest BCUT2D eigenvalue weighted by Gasteiger charge is -2.16. The van der Waals surface area contributed by atoms with Crippen molar-refractivity contribution in [2.75, 3.05) is 5.32 Å². The molecule has 1 amide bonds. The Bertz CT molecular complexity index is 413. The standard InChI is InChI=1S/C11H13BrN2O/c1-7(15)14-10-8(11(13)5-6-11)3-2-4-9(10)12/h2-4H,5-6,13H2,1H3,(H,14,15). The van der Waals surface area contributed by atoms with E-state index in [9.17, 15) is 4.79 Å². The van der Waals surface area contributed by atoms with Gasteiger partial charge in [-0.2, -0.15) is 0 Å². The first kappa shape index (κ1) is 10.6. The molecule has 0 spiro atoms. The molecule has 0 atom stereocenters. The molecule has 0 heterocycles. The summed E-state index contributed by atoms with van der Waals surface area (Å²) in [7, 11) is 0. The van der Waals surface area contributed by atoms with Gasteiger partial charge in [-0.25, -0.2) is 0 Å². The maximum absolute atomic E-state index is 11.1. The van der Waals surface area contributed by atoms with E-state index in [0.29, 0.717) is 0 Å². The summed E-state index contributed by atoms with van der Waals surface area (Å²) in [5, 5.41) is 2.82. The van der Waals surface area contributed by atoms with Crippen LogP contribution in [-0.2, 0) is 10.3 Å². The SMILES string of the molecule is CC(=O)Nc1c(Br)cccc1C1(N)CC1. The Morgan fingerprint density at radius 2 is 2.20 bits per heavy atom. The van der Waals surface area contributed by atoms with Gasteiger partial charge >= 0.3 is 0 Å². The van der Waals surface area contributed by atoms with Crippen LogP contribution in [0.15, 0.2) is 22.7 Å². The molecule has 1 saturated carbocycles. The smallest absolute Gasteiger partial charge is 0.221 e. The van der Waals surface area contributed by atoms with Gasteiger partial charge in [-0.05, 0) is 40.4 Å². The van der Waals surface area contributed by atoms with E-state index in [2.05, 4.69) is 21.2 Å². The molecule has 4 heteroatoms. The maximum Gasteiger partial charge on any atom is 0.221 e. The van der Waals surface area contributed by atoms with E-state index >= 15 is 0 Å². The van der Waals surface area contributed by atoms with Crippen LogP contribution in [0.3, 0.4) is 0 Å². The fraction of sp³-hybridized carbons (Fsp3) is 0.364. The summed E-state index contributed by atoms with van der Waals surface area (Å²) in [6.07, 6.45) is 1.96. The van der Waals surface area contributed by atoms with Crippen molar-refractivity contribution >= 4 is 27.5 Å². The Kier molecular flexibility index (Phi) is 2.56. The Morgan fingerprint density at radius 3 is 2.73 bits per heavy atom. The van der Waals surface area contributed by atoms with Gasteiger partial charge in [0.05, 0.1) is 5.69 Å². The largest absolute Gasteiger partial charge is 0.325 e. The van der Waals surface area contributed by atoms with Crippen molar-refractivity contribution < 1.29 is 4.79 Å². The number of carbonyl (C=O) groups is 1. The number of rotatable bonds is 2. The van der Waals surface area contributed by atoms with Crippen LogP contribution in [0, 0.1) is 0 Å². The molecule has 0 bridgehead atoms. The Morgan fingerprint density at radius 1 is 1.53 bits per heavy atom. The highest BCUT2D eigenvalue weighted by molar-refractivity contribution is 9.10. The number of hydrogen-bond donors (Lipinski definition) is 2. The number of benzene rings is 1. The quantitative estimate of drug-likeness (QED) is 0.865. The topological polar surface area (TPSA) is 55.1 Å². The third-order valence-electron chi connectivity index (χ3n) is 2.64. The van der Waals surface area contributed by atoms with Crippen molar-refractivity contribution in [1.82, 2.24) is 0 Å². The van der Waals surface area contributed by atoms with E-state index in [4.69, 9.17) is 5.73 Å². The molecular weight excluding hydrogens is 256 g/mol. The minimum atomic E-state index is -0.235. The zero-order valence-corrected chi connectivity index (χ0v) is 10.1. The minimum absolute atomic E-state index is 0.0765. The number of nitrogens with two attached hydrogens (primary N) is 1. The van der Waals surface area contributed by atoms with Gasteiger partial charge in [-0.3, -0.25) is 4.79 Å². The third kappa shape index (κ3) is 2.06. The second-order valence-corrected chi connectivity index (χ2v) is 4.85. The summed E-state index contributed by atoms with van der Waals surface area (Å²) in [6.45, 7) is 1.50. The molecule has 15 heavy (non-hydrogen) atoms. The molecule has 1 aliphatic carbocycles. The number of anilines is 1. The van der Waals surface area contributed by atoms with Crippen molar-refractivity contribution in [1.29, 1.82) is 0 Å². The maximum atomic E-state index is 11.1. The van der Waals surface area contributed by atoms with Crippen molar-refractivity contribution in [2.24, 2.45) is 5.73 Å². The number of hydrogen-bond acceptors (Lipinski definition) is 2. The van der Waals surface area contributed by atoms with E-state index in [0.717, 1.165) is 28.6 Å². The molecule has 80 valence electrons. The van der Waals surface area contributed by atoms with E-state index < -0.39 is 0 Å². The van der Waals surface area contributed by atoms with Crippen molar-refractivity contribution in [3.8, 4) is 0 Å². The van der Waals surface area contributed by atoms with Crippen LogP contribution in [0.2, 0.25) is 0 Å². The van der Waals surface area contributed by atoms with Gasteiger partial charge in [0.2, 0.25) is 5.91 Å². The van der Waals surface area contributed by atoms with Gasteiger partial charge in [0.1, 0.15) is 0 Å². The molecule has 1 aliphatic rings. The van der Waals surface area contributed by atoms with E-state index in [1.165, 1.54) is 6.92 Å². The third-order valence-corrected chi connectivity index (χ3v) is 3.30. The summed E-state index contributed by atoms with van der Waals surface area (Å²) in [6, 6.07) is 5.82. The zero-order valence-electron chi connectivity index (χ0n) is 8.51. The highest BCUT2D eigenvalue weighted by Gasteiger charge is 2.42. The number of nitrogens with one attached hydrogen (secondary N) is 1. The summed E-state index contributed by atoms with van der Waals surface area (Å²) >= 11 is 3.43. The first-order valence-electron chi connectivity index (χ1n) is 4.88. The molecule has 0 unspecified atom stereocenters. The average molecular weight is 269 g/mol. The second kappa shape index (κ2) is 3.61. The van der Waals surface area contributed by atoms with Gasteiger partial charge in [0.15, 0.2) is 0 Å². The molecule has 0 radical (unpaired) electrons. The Labute approximate surface area is 97.2 Å². The first-order valence-corrected chi connectivity index (χ1v) is 5.68. The molecule has 3 N–H and O–H groups in total. The van der Waals surface area contributed by atoms with Crippen molar-refractivity contribution in [3.63, 3.8) is 0 Å².